The van der Waals surface area contributed by atoms with Gasteiger partial charge in [-0.3, -0.25) is 0 Å². The highest BCUT2D eigenvalue weighted by Gasteiger charge is 2.22. The molecule has 3 N–H and O–H groups in total. The van der Waals surface area contributed by atoms with Gasteiger partial charge in [0.2, 0.25) is 0 Å². The molecule has 0 saturated carbocycles. The maximum absolute atomic E-state index is 13.6. The van der Waals surface area contributed by atoms with Crippen LogP contribution < -0.4 is 20.1 Å². The Labute approximate surface area is 235 Å². The summed E-state index contributed by atoms with van der Waals surface area (Å²) in [4.78, 5) is 25.4. The van der Waals surface area contributed by atoms with E-state index in [4.69, 9.17) is 25.8 Å². The topological polar surface area (TPSA) is 106 Å². The number of carbonyl (C=O) groups is 2. The molecular formula is C30H26ClFN2O6. The summed E-state index contributed by atoms with van der Waals surface area (Å²) in [5.41, 5.74) is 2.59. The predicted molar refractivity (Wildman–Crippen MR) is 150 cm³/mol. The molecule has 2 amide bonds. The number of esters is 1. The van der Waals surface area contributed by atoms with Gasteiger partial charge in [-0.05, 0) is 71.8 Å². The highest BCUT2D eigenvalue weighted by atomic mass is 35.5. The second-order valence-electron chi connectivity index (χ2n) is 8.57. The molecule has 0 radical (unpaired) electrons. The second-order valence-corrected chi connectivity index (χ2v) is 9.01. The Morgan fingerprint density at radius 2 is 1.55 bits per heavy atom. The number of halogens is 2. The molecule has 1 atom stereocenters. The van der Waals surface area contributed by atoms with Crippen molar-refractivity contribution in [3.63, 3.8) is 0 Å². The fraction of sp³-hybridized carbons (Fsp3) is 0.133. The lowest BCUT2D eigenvalue weighted by Gasteiger charge is -2.22. The van der Waals surface area contributed by atoms with E-state index < -0.39 is 23.9 Å². The van der Waals surface area contributed by atoms with Gasteiger partial charge in [0.25, 0.3) is 0 Å². The first-order valence-electron chi connectivity index (χ1n) is 12.1. The van der Waals surface area contributed by atoms with Crippen LogP contribution in [0.15, 0.2) is 84.9 Å². The van der Waals surface area contributed by atoms with Crippen molar-refractivity contribution in [3.8, 4) is 11.5 Å². The van der Waals surface area contributed by atoms with E-state index in [1.807, 2.05) is 0 Å². The van der Waals surface area contributed by atoms with Gasteiger partial charge < -0.3 is 30.0 Å². The van der Waals surface area contributed by atoms with Gasteiger partial charge in [-0.25, -0.2) is 14.0 Å². The summed E-state index contributed by atoms with van der Waals surface area (Å²) in [7, 11) is 2.72. The molecule has 0 aromatic heterocycles. The first-order valence-corrected chi connectivity index (χ1v) is 12.4. The van der Waals surface area contributed by atoms with Gasteiger partial charge in [0.15, 0.2) is 0 Å². The summed E-state index contributed by atoms with van der Waals surface area (Å²) in [6.07, 6.45) is -0.736. The summed E-state index contributed by atoms with van der Waals surface area (Å²) in [5.74, 6) is -0.427. The van der Waals surface area contributed by atoms with Crippen LogP contribution in [0.3, 0.4) is 0 Å². The average molecular weight is 565 g/mol. The van der Waals surface area contributed by atoms with Gasteiger partial charge >= 0.3 is 12.0 Å². The third-order valence-electron chi connectivity index (χ3n) is 5.92. The first-order chi connectivity index (χ1) is 19.3. The number of urea groups is 1. The molecule has 0 saturated heterocycles. The van der Waals surface area contributed by atoms with E-state index in [1.54, 1.807) is 60.7 Å². The number of anilines is 2. The monoisotopic (exact) mass is 564 g/mol. The summed E-state index contributed by atoms with van der Waals surface area (Å²) in [6, 6.07) is 21.6. The summed E-state index contributed by atoms with van der Waals surface area (Å²) in [5, 5.41) is 15.3. The number of carbonyl (C=O) groups excluding carboxylic acids is 2. The van der Waals surface area contributed by atoms with Crippen LogP contribution >= 0.6 is 11.6 Å². The van der Waals surface area contributed by atoms with E-state index in [0.717, 1.165) is 0 Å². The van der Waals surface area contributed by atoms with Crippen molar-refractivity contribution in [2.24, 2.45) is 0 Å². The molecule has 4 rings (SSSR count). The number of aliphatic hydroxyl groups is 1. The molecule has 1 unspecified atom stereocenters. The van der Waals surface area contributed by atoms with Gasteiger partial charge in [-0.15, -0.1) is 0 Å². The van der Waals surface area contributed by atoms with E-state index >= 15 is 0 Å². The van der Waals surface area contributed by atoms with Crippen molar-refractivity contribution < 1.29 is 33.3 Å². The molecule has 10 heteroatoms. The zero-order chi connectivity index (χ0) is 28.6. The number of ether oxygens (including phenoxy) is 3. The standard InChI is InChI=1S/C30H26ClFN2O6/c1-38-26-12-10-23(15-20(26)17-35)33-30(37)34-24-11-13-27(25(16-24)29(36)39-2)40-28(18-6-8-22(32)9-7-18)19-4-3-5-21(31)14-19/h3-16,28,35H,17H2,1-2H3,(H2,33,34,37). The lowest BCUT2D eigenvalue weighted by atomic mass is 10.0. The molecule has 0 heterocycles. The molecule has 0 spiro atoms. The Kier molecular flexibility index (Phi) is 9.21. The highest BCUT2D eigenvalue weighted by Crippen LogP contribution is 2.33. The van der Waals surface area contributed by atoms with Crippen LogP contribution in [-0.2, 0) is 11.3 Å². The largest absolute Gasteiger partial charge is 0.496 e. The van der Waals surface area contributed by atoms with E-state index in [-0.39, 0.29) is 17.9 Å². The van der Waals surface area contributed by atoms with E-state index in [0.29, 0.717) is 38.8 Å². The van der Waals surface area contributed by atoms with Crippen molar-refractivity contribution in [3.05, 3.63) is 118 Å². The van der Waals surface area contributed by atoms with Crippen molar-refractivity contribution in [2.45, 2.75) is 12.7 Å². The molecule has 0 aliphatic rings. The van der Waals surface area contributed by atoms with Crippen LogP contribution in [0.2, 0.25) is 5.02 Å². The minimum absolute atomic E-state index is 0.0569. The van der Waals surface area contributed by atoms with Crippen molar-refractivity contribution >= 4 is 35.0 Å². The quantitative estimate of drug-likeness (QED) is 0.198. The number of nitrogens with one attached hydrogen (secondary N) is 2. The number of benzene rings is 4. The summed E-state index contributed by atoms with van der Waals surface area (Å²) in [6.45, 7) is -0.266. The lowest BCUT2D eigenvalue weighted by Crippen LogP contribution is -2.20. The van der Waals surface area contributed by atoms with Crippen LogP contribution in [0.4, 0.5) is 20.6 Å². The molecule has 40 heavy (non-hydrogen) atoms. The zero-order valence-corrected chi connectivity index (χ0v) is 22.4. The van der Waals surface area contributed by atoms with Crippen LogP contribution in [0, 0.1) is 5.82 Å². The molecule has 0 fully saturated rings. The fourth-order valence-electron chi connectivity index (χ4n) is 4.02. The van der Waals surface area contributed by atoms with E-state index in [2.05, 4.69) is 10.6 Å². The Morgan fingerprint density at radius 1 is 0.875 bits per heavy atom. The van der Waals surface area contributed by atoms with Gasteiger partial charge in [-0.1, -0.05) is 35.9 Å². The Morgan fingerprint density at radius 3 is 2.17 bits per heavy atom. The zero-order valence-electron chi connectivity index (χ0n) is 21.6. The maximum atomic E-state index is 13.6. The van der Waals surface area contributed by atoms with Crippen molar-refractivity contribution in [1.82, 2.24) is 0 Å². The molecule has 4 aromatic rings. The van der Waals surface area contributed by atoms with Gasteiger partial charge in [0, 0.05) is 22.0 Å². The number of methoxy groups -OCH3 is 2. The minimum atomic E-state index is -0.736. The van der Waals surface area contributed by atoms with Gasteiger partial charge in [0.05, 0.1) is 20.8 Å². The molecular weight excluding hydrogens is 539 g/mol. The number of hydrogen-bond acceptors (Lipinski definition) is 6. The molecule has 8 nitrogen and oxygen atoms in total. The lowest BCUT2D eigenvalue weighted by molar-refractivity contribution is 0.0594. The molecule has 206 valence electrons. The maximum Gasteiger partial charge on any atom is 0.341 e. The predicted octanol–water partition coefficient (Wildman–Crippen LogP) is 6.58. The SMILES string of the molecule is COC(=O)c1cc(NC(=O)Nc2ccc(OC)c(CO)c2)ccc1OC(c1ccc(F)cc1)c1cccc(Cl)c1. The molecule has 0 aliphatic heterocycles. The van der Waals surface area contributed by atoms with Crippen molar-refractivity contribution in [2.75, 3.05) is 24.9 Å². The smallest absolute Gasteiger partial charge is 0.341 e. The van der Waals surface area contributed by atoms with Gasteiger partial charge in [0.1, 0.15) is 29.0 Å². The highest BCUT2D eigenvalue weighted by molar-refractivity contribution is 6.30. The average Bonchev–Trinajstić information content (AvgIpc) is 2.96. The third kappa shape index (κ3) is 6.88. The number of amides is 2. The molecule has 0 aliphatic carbocycles. The Balaban J connectivity index is 1.61. The normalized spacial score (nSPS) is 11.3. The number of hydrogen-bond donors (Lipinski definition) is 3. The Bertz CT molecular complexity index is 1510. The number of rotatable bonds is 9. The van der Waals surface area contributed by atoms with Crippen LogP contribution in [0.5, 0.6) is 11.5 Å². The van der Waals surface area contributed by atoms with Crippen LogP contribution in [0.25, 0.3) is 0 Å². The molecule has 4 aromatic carbocycles. The van der Waals surface area contributed by atoms with Crippen LogP contribution in [-0.4, -0.2) is 31.3 Å². The van der Waals surface area contributed by atoms with Gasteiger partial charge in [-0.2, -0.15) is 0 Å². The second kappa shape index (κ2) is 13.0. The first kappa shape index (κ1) is 28.4. The number of aliphatic hydroxyl groups excluding tert-OH is 1. The third-order valence-corrected chi connectivity index (χ3v) is 6.16. The van der Waals surface area contributed by atoms with Crippen LogP contribution in [0.1, 0.15) is 33.2 Å². The Hall–Kier alpha value is -4.60. The molecule has 0 bridgehead atoms. The summed E-state index contributed by atoms with van der Waals surface area (Å²) < 4.78 is 30.1. The summed E-state index contributed by atoms with van der Waals surface area (Å²) >= 11 is 6.21. The minimum Gasteiger partial charge on any atom is -0.496 e. The van der Waals surface area contributed by atoms with E-state index in [9.17, 15) is 19.1 Å². The van der Waals surface area contributed by atoms with E-state index in [1.165, 1.54) is 38.5 Å². The fourth-order valence-corrected chi connectivity index (χ4v) is 4.21. The van der Waals surface area contributed by atoms with Crippen molar-refractivity contribution in [1.29, 1.82) is 0 Å².